The number of hydrogen-bond acceptors (Lipinski definition) is 5. The predicted molar refractivity (Wildman–Crippen MR) is 128 cm³/mol. The van der Waals surface area contributed by atoms with Crippen LogP contribution in [0, 0.1) is 6.92 Å². The summed E-state index contributed by atoms with van der Waals surface area (Å²) < 4.78 is 27.4. The summed E-state index contributed by atoms with van der Waals surface area (Å²) in [5.74, 6) is 0.611. The highest BCUT2D eigenvalue weighted by Gasteiger charge is 2.28. The molecule has 5 rings (SSSR count). The first-order valence-electron chi connectivity index (χ1n) is 11.6. The highest BCUT2D eigenvalue weighted by molar-refractivity contribution is 5.78. The third kappa shape index (κ3) is 4.23. The van der Waals surface area contributed by atoms with Crippen molar-refractivity contribution in [2.75, 3.05) is 13.2 Å². The molecule has 2 unspecified atom stereocenters. The van der Waals surface area contributed by atoms with Crippen molar-refractivity contribution in [1.82, 2.24) is 9.55 Å². The predicted octanol–water partition coefficient (Wildman–Crippen LogP) is 4.45. The van der Waals surface area contributed by atoms with Gasteiger partial charge in [-0.1, -0.05) is 48.6 Å². The number of ether oxygens (including phenoxy) is 2. The van der Waals surface area contributed by atoms with E-state index in [2.05, 4.69) is 0 Å². The van der Waals surface area contributed by atoms with Crippen LogP contribution in [0.15, 0.2) is 70.9 Å². The van der Waals surface area contributed by atoms with Crippen molar-refractivity contribution in [2.24, 2.45) is 0 Å². The molecule has 1 aromatic carbocycles. The summed E-state index contributed by atoms with van der Waals surface area (Å²) in [6.07, 6.45) is 6.81. The van der Waals surface area contributed by atoms with Crippen molar-refractivity contribution in [3.8, 4) is 0 Å². The number of aliphatic hydroxyl groups is 1. The SMILES string of the molecule is Cc1nc(C2=C(O)C(F)CC=C2)n(CCc2ccccc2)c(=O)c1C1=CCC2OCCOC2=C1. The Hall–Kier alpha value is -3.45. The molecular weight excluding hydrogens is 435 g/mol. The van der Waals surface area contributed by atoms with Crippen LogP contribution in [0.1, 0.15) is 35.5 Å². The van der Waals surface area contributed by atoms with Crippen molar-refractivity contribution in [3.63, 3.8) is 0 Å². The number of hydrogen-bond donors (Lipinski definition) is 1. The third-order valence-corrected chi connectivity index (χ3v) is 6.38. The minimum Gasteiger partial charge on any atom is -0.508 e. The monoisotopic (exact) mass is 462 g/mol. The average molecular weight is 463 g/mol. The Kier molecular flexibility index (Phi) is 6.20. The van der Waals surface area contributed by atoms with E-state index in [-0.39, 0.29) is 35.2 Å². The number of halogens is 1. The molecule has 0 amide bonds. The summed E-state index contributed by atoms with van der Waals surface area (Å²) >= 11 is 0. The van der Waals surface area contributed by atoms with Gasteiger partial charge >= 0.3 is 0 Å². The number of alkyl halides is 1. The summed E-state index contributed by atoms with van der Waals surface area (Å²) in [6.45, 7) is 3.14. The van der Waals surface area contributed by atoms with Gasteiger partial charge in [-0.15, -0.1) is 0 Å². The van der Waals surface area contributed by atoms with Gasteiger partial charge in [-0.25, -0.2) is 9.37 Å². The van der Waals surface area contributed by atoms with Crippen molar-refractivity contribution in [2.45, 2.75) is 45.0 Å². The zero-order chi connectivity index (χ0) is 23.7. The molecule has 1 aromatic heterocycles. The van der Waals surface area contributed by atoms with Gasteiger partial charge in [-0.2, -0.15) is 0 Å². The van der Waals surface area contributed by atoms with Gasteiger partial charge in [0.05, 0.1) is 23.4 Å². The molecule has 2 atom stereocenters. The summed E-state index contributed by atoms with van der Waals surface area (Å²) in [6, 6.07) is 9.83. The maximum Gasteiger partial charge on any atom is 0.261 e. The standard InChI is InChI=1S/C27H27FN2O4/c1-17-24(19-10-11-22-23(16-19)34-15-14-33-22)27(32)30(13-12-18-6-3-2-4-7-18)26(29-17)20-8-5-9-21(28)25(20)31/h2-8,10,16,21-22,31H,9,11-15H2,1H3. The van der Waals surface area contributed by atoms with Crippen LogP contribution in [0.4, 0.5) is 4.39 Å². The molecule has 3 aliphatic rings. The molecule has 7 heteroatoms. The molecule has 176 valence electrons. The van der Waals surface area contributed by atoms with Gasteiger partial charge < -0.3 is 14.6 Å². The van der Waals surface area contributed by atoms with Crippen LogP contribution >= 0.6 is 0 Å². The van der Waals surface area contributed by atoms with Crippen LogP contribution in [0.5, 0.6) is 0 Å². The Bertz CT molecular complexity index is 1270. The second-order valence-electron chi connectivity index (χ2n) is 8.64. The molecule has 2 heterocycles. The van der Waals surface area contributed by atoms with Crippen molar-refractivity contribution in [1.29, 1.82) is 0 Å². The van der Waals surface area contributed by atoms with Gasteiger partial charge in [0, 0.05) is 13.0 Å². The Balaban J connectivity index is 1.61. The van der Waals surface area contributed by atoms with Gasteiger partial charge in [0.25, 0.3) is 5.56 Å². The zero-order valence-electron chi connectivity index (χ0n) is 19.0. The van der Waals surface area contributed by atoms with Crippen molar-refractivity contribution >= 4 is 11.1 Å². The Labute approximate surface area is 197 Å². The van der Waals surface area contributed by atoms with Crippen LogP contribution in [-0.4, -0.2) is 40.1 Å². The molecule has 2 aromatic rings. The molecule has 1 saturated heterocycles. The van der Waals surface area contributed by atoms with Crippen molar-refractivity contribution < 1.29 is 19.0 Å². The minimum atomic E-state index is -1.51. The smallest absolute Gasteiger partial charge is 0.261 e. The first-order chi connectivity index (χ1) is 16.5. The lowest BCUT2D eigenvalue weighted by Gasteiger charge is -2.29. The van der Waals surface area contributed by atoms with Gasteiger partial charge in [0.2, 0.25) is 0 Å². The molecule has 1 fully saturated rings. The van der Waals surface area contributed by atoms with Gasteiger partial charge in [-0.05, 0) is 37.0 Å². The van der Waals surface area contributed by atoms with E-state index < -0.39 is 6.17 Å². The van der Waals surface area contributed by atoms with Gasteiger partial charge in [-0.3, -0.25) is 9.36 Å². The second kappa shape index (κ2) is 9.43. The normalized spacial score (nSPS) is 22.1. The molecule has 2 aliphatic carbocycles. The van der Waals surface area contributed by atoms with E-state index in [0.29, 0.717) is 43.9 Å². The molecule has 0 radical (unpaired) electrons. The number of allylic oxidation sites excluding steroid dienone is 6. The van der Waals surface area contributed by atoms with E-state index in [1.807, 2.05) is 42.5 Å². The van der Waals surface area contributed by atoms with Crippen LogP contribution < -0.4 is 5.56 Å². The number of aliphatic hydroxyl groups excluding tert-OH is 1. The third-order valence-electron chi connectivity index (χ3n) is 6.38. The van der Waals surface area contributed by atoms with Crippen molar-refractivity contribution in [3.05, 3.63) is 99.2 Å². The molecule has 0 bridgehead atoms. The Morgan fingerprint density at radius 1 is 1.21 bits per heavy atom. The van der Waals surface area contributed by atoms with E-state index in [1.54, 1.807) is 23.6 Å². The number of nitrogens with zero attached hydrogens (tertiary/aromatic N) is 2. The lowest BCUT2D eigenvalue weighted by atomic mass is 9.95. The lowest BCUT2D eigenvalue weighted by molar-refractivity contribution is -0.0411. The van der Waals surface area contributed by atoms with E-state index >= 15 is 0 Å². The Morgan fingerprint density at radius 3 is 2.85 bits per heavy atom. The highest BCUT2D eigenvalue weighted by atomic mass is 19.1. The molecule has 34 heavy (non-hydrogen) atoms. The maximum absolute atomic E-state index is 14.3. The molecule has 1 aliphatic heterocycles. The Morgan fingerprint density at radius 2 is 2.03 bits per heavy atom. The summed E-state index contributed by atoms with van der Waals surface area (Å²) in [7, 11) is 0. The van der Waals surface area contributed by atoms with Crippen LogP contribution in [0.2, 0.25) is 0 Å². The highest BCUT2D eigenvalue weighted by Crippen LogP contribution is 2.31. The van der Waals surface area contributed by atoms with Gasteiger partial charge in [0.1, 0.15) is 30.1 Å². The summed E-state index contributed by atoms with van der Waals surface area (Å²) in [5, 5.41) is 10.5. The largest absolute Gasteiger partial charge is 0.508 e. The molecule has 0 spiro atoms. The summed E-state index contributed by atoms with van der Waals surface area (Å²) in [4.78, 5) is 18.6. The van der Waals surface area contributed by atoms with Crippen LogP contribution in [0.25, 0.3) is 11.1 Å². The second-order valence-corrected chi connectivity index (χ2v) is 8.64. The number of fused-ring (bicyclic) bond motifs is 1. The lowest BCUT2D eigenvalue weighted by Crippen LogP contribution is -2.32. The fraction of sp³-hybridized carbons (Fsp3) is 0.333. The van der Waals surface area contributed by atoms with E-state index in [9.17, 15) is 14.3 Å². The quantitative estimate of drug-likeness (QED) is 0.711. The fourth-order valence-electron chi connectivity index (χ4n) is 4.62. The van der Waals surface area contributed by atoms with Crippen LogP contribution in [-0.2, 0) is 22.4 Å². The first-order valence-corrected chi connectivity index (χ1v) is 11.6. The molecular formula is C27H27FN2O4. The van der Waals surface area contributed by atoms with E-state index in [4.69, 9.17) is 14.5 Å². The first kappa shape index (κ1) is 22.3. The molecule has 0 saturated carbocycles. The van der Waals surface area contributed by atoms with E-state index in [1.165, 1.54) is 0 Å². The number of benzene rings is 1. The number of aryl methyl sites for hydroxylation is 2. The molecule has 6 nitrogen and oxygen atoms in total. The maximum atomic E-state index is 14.3. The van der Waals surface area contributed by atoms with E-state index in [0.717, 1.165) is 16.9 Å². The fourth-order valence-corrected chi connectivity index (χ4v) is 4.62. The average Bonchev–Trinajstić information content (AvgIpc) is 2.85. The minimum absolute atomic E-state index is 0.102. The zero-order valence-corrected chi connectivity index (χ0v) is 19.0. The number of rotatable bonds is 5. The van der Waals surface area contributed by atoms with Gasteiger partial charge in [0.15, 0.2) is 6.17 Å². The topological polar surface area (TPSA) is 73.6 Å². The summed E-state index contributed by atoms with van der Waals surface area (Å²) in [5.41, 5.74) is 2.83. The van der Waals surface area contributed by atoms with Crippen LogP contribution in [0.3, 0.4) is 0 Å². The number of aromatic nitrogens is 2. The molecule has 1 N–H and O–H groups in total.